The molecule has 278 valence electrons. The molecule has 3 N–H and O–H groups in total. The van der Waals surface area contributed by atoms with E-state index in [2.05, 4.69) is 10.6 Å². The van der Waals surface area contributed by atoms with Crippen molar-refractivity contribution >= 4 is 23.9 Å². The molecule has 0 fully saturated rings. The van der Waals surface area contributed by atoms with Gasteiger partial charge in [-0.25, -0.2) is 4.79 Å². The second kappa shape index (κ2) is 22.8. The lowest BCUT2D eigenvalue weighted by Crippen LogP contribution is -2.44. The maximum absolute atomic E-state index is 13.8. The highest BCUT2D eigenvalue weighted by Gasteiger charge is 2.28. The number of nitrogens with zero attached hydrogens (tertiary/aromatic N) is 1. The van der Waals surface area contributed by atoms with E-state index in [4.69, 9.17) is 9.47 Å². The van der Waals surface area contributed by atoms with E-state index < -0.39 is 18.1 Å². The Balaban J connectivity index is 1.40. The Morgan fingerprint density at radius 3 is 2.23 bits per heavy atom. The molecule has 0 saturated carbocycles. The lowest BCUT2D eigenvalue weighted by Gasteiger charge is -2.26. The van der Waals surface area contributed by atoms with E-state index in [1.807, 2.05) is 103 Å². The number of rotatable bonds is 15. The van der Waals surface area contributed by atoms with Crippen LogP contribution in [-0.2, 0) is 43.4 Å². The second-order valence-electron chi connectivity index (χ2n) is 13.3. The van der Waals surface area contributed by atoms with E-state index in [1.165, 1.54) is 0 Å². The number of hydrogen-bond acceptors (Lipinski definition) is 7. The number of amides is 3. The molecule has 0 saturated heterocycles. The first-order valence-electron chi connectivity index (χ1n) is 18.4. The fraction of sp³-hybridized carbons (Fsp3) is 0.429. The van der Waals surface area contributed by atoms with Crippen LogP contribution < -0.4 is 10.6 Å². The number of allylic oxidation sites excluding steroid dienone is 2. The lowest BCUT2D eigenvalue weighted by atomic mass is 9.93. The molecule has 10 nitrogen and oxygen atoms in total. The molecule has 1 aliphatic rings. The summed E-state index contributed by atoms with van der Waals surface area (Å²) in [5, 5.41) is 15.6. The Labute approximate surface area is 307 Å². The number of esters is 1. The molecule has 3 amide bonds. The number of alkyl carbamates (subject to hydrolysis) is 1. The van der Waals surface area contributed by atoms with Gasteiger partial charge >= 0.3 is 12.1 Å². The van der Waals surface area contributed by atoms with Crippen LogP contribution in [0.2, 0.25) is 0 Å². The Bertz CT molecular complexity index is 1530. The van der Waals surface area contributed by atoms with Crippen LogP contribution in [0.5, 0.6) is 0 Å². The molecule has 0 radical (unpaired) electrons. The summed E-state index contributed by atoms with van der Waals surface area (Å²) in [6, 6.07) is 28.4. The fourth-order valence-electron chi connectivity index (χ4n) is 6.20. The second-order valence-corrected chi connectivity index (χ2v) is 13.3. The first kappa shape index (κ1) is 39.8. The maximum Gasteiger partial charge on any atom is 0.407 e. The van der Waals surface area contributed by atoms with Gasteiger partial charge in [0.2, 0.25) is 11.8 Å². The van der Waals surface area contributed by atoms with E-state index in [0.29, 0.717) is 51.6 Å². The average Bonchev–Trinajstić information content (AvgIpc) is 3.16. The summed E-state index contributed by atoms with van der Waals surface area (Å²) in [7, 11) is 0. The molecule has 0 aliphatic carbocycles. The summed E-state index contributed by atoms with van der Waals surface area (Å²) in [5.74, 6) is -1.76. The number of hydrogen-bond donors (Lipinski definition) is 3. The minimum Gasteiger partial charge on any atom is -0.463 e. The summed E-state index contributed by atoms with van der Waals surface area (Å²) < 4.78 is 11.2. The molecule has 0 aromatic heterocycles. The predicted octanol–water partition coefficient (Wildman–Crippen LogP) is 6.13. The van der Waals surface area contributed by atoms with Crippen molar-refractivity contribution in [2.45, 2.75) is 77.0 Å². The Morgan fingerprint density at radius 2 is 1.54 bits per heavy atom. The quantitative estimate of drug-likeness (QED) is 0.0982. The van der Waals surface area contributed by atoms with E-state index in [0.717, 1.165) is 29.5 Å². The third kappa shape index (κ3) is 14.7. The van der Waals surface area contributed by atoms with E-state index in [-0.39, 0.29) is 56.5 Å². The summed E-state index contributed by atoms with van der Waals surface area (Å²) in [5.41, 5.74) is 2.90. The molecule has 1 aliphatic heterocycles. The van der Waals surface area contributed by atoms with Gasteiger partial charge in [0, 0.05) is 26.1 Å². The van der Waals surface area contributed by atoms with Gasteiger partial charge < -0.3 is 30.1 Å². The van der Waals surface area contributed by atoms with Gasteiger partial charge in [0.05, 0.1) is 24.5 Å². The predicted molar refractivity (Wildman–Crippen MR) is 200 cm³/mol. The van der Waals surface area contributed by atoms with Crippen LogP contribution >= 0.6 is 0 Å². The van der Waals surface area contributed by atoms with Crippen molar-refractivity contribution < 1.29 is 33.8 Å². The molecular formula is C42H53N3O7. The molecule has 3 aromatic carbocycles. The maximum atomic E-state index is 13.8. The van der Waals surface area contributed by atoms with E-state index in [9.17, 15) is 24.3 Å². The highest BCUT2D eigenvalue weighted by molar-refractivity contribution is 5.86. The molecule has 3 atom stereocenters. The number of nitrogens with one attached hydrogen (secondary N) is 2. The number of aliphatic hydroxyl groups excluding tert-OH is 1. The fourth-order valence-corrected chi connectivity index (χ4v) is 6.20. The van der Waals surface area contributed by atoms with Crippen LogP contribution in [0.25, 0.3) is 0 Å². The topological polar surface area (TPSA) is 134 Å². The van der Waals surface area contributed by atoms with Crippen LogP contribution in [0.15, 0.2) is 103 Å². The molecule has 0 spiro atoms. The minimum atomic E-state index is -0.645. The van der Waals surface area contributed by atoms with E-state index >= 15 is 0 Å². The smallest absolute Gasteiger partial charge is 0.407 e. The number of carbonyl (C=O) groups is 4. The zero-order valence-corrected chi connectivity index (χ0v) is 30.0. The number of ether oxygens (including phenoxy) is 2. The zero-order chi connectivity index (χ0) is 36.8. The molecule has 0 unspecified atom stereocenters. The van der Waals surface area contributed by atoms with Gasteiger partial charge in [-0.1, -0.05) is 103 Å². The molecule has 10 heteroatoms. The monoisotopic (exact) mass is 711 g/mol. The normalized spacial score (nSPS) is 18.4. The van der Waals surface area contributed by atoms with Crippen molar-refractivity contribution in [3.05, 3.63) is 120 Å². The minimum absolute atomic E-state index is 0.00353. The van der Waals surface area contributed by atoms with Crippen LogP contribution in [0.4, 0.5) is 4.79 Å². The zero-order valence-electron chi connectivity index (χ0n) is 30.0. The van der Waals surface area contributed by atoms with Crippen molar-refractivity contribution in [1.82, 2.24) is 15.5 Å². The third-order valence-electron chi connectivity index (χ3n) is 9.13. The Kier molecular flexibility index (Phi) is 17.4. The van der Waals surface area contributed by atoms with E-state index in [1.54, 1.807) is 4.90 Å². The van der Waals surface area contributed by atoms with Gasteiger partial charge in [0.15, 0.2) is 0 Å². The molecular weight excluding hydrogens is 658 g/mol. The average molecular weight is 712 g/mol. The van der Waals surface area contributed by atoms with Crippen molar-refractivity contribution in [2.24, 2.45) is 11.8 Å². The Hall–Kier alpha value is -4.96. The van der Waals surface area contributed by atoms with Crippen LogP contribution in [0.3, 0.4) is 0 Å². The van der Waals surface area contributed by atoms with Gasteiger partial charge in [0.25, 0.3) is 0 Å². The van der Waals surface area contributed by atoms with Crippen molar-refractivity contribution in [3.63, 3.8) is 0 Å². The van der Waals surface area contributed by atoms with Crippen LogP contribution in [0, 0.1) is 11.8 Å². The van der Waals surface area contributed by atoms with Gasteiger partial charge in [-0.3, -0.25) is 14.4 Å². The largest absolute Gasteiger partial charge is 0.463 e. The highest BCUT2D eigenvalue weighted by Crippen LogP contribution is 2.20. The van der Waals surface area contributed by atoms with Crippen molar-refractivity contribution in [1.29, 1.82) is 0 Å². The number of carbonyl (C=O) groups excluding carboxylic acids is 4. The molecule has 4 rings (SSSR count). The summed E-state index contributed by atoms with van der Waals surface area (Å²) >= 11 is 0. The highest BCUT2D eigenvalue weighted by atomic mass is 16.5. The third-order valence-corrected chi connectivity index (χ3v) is 9.13. The lowest BCUT2D eigenvalue weighted by molar-refractivity contribution is -0.150. The number of benzene rings is 3. The number of cyclic esters (lactones) is 1. The van der Waals surface area contributed by atoms with Crippen LogP contribution in [-0.4, -0.2) is 66.2 Å². The van der Waals surface area contributed by atoms with Gasteiger partial charge in [-0.15, -0.1) is 0 Å². The van der Waals surface area contributed by atoms with Crippen LogP contribution in [0.1, 0.15) is 68.1 Å². The standard InChI is InChI=1S/C42H53N3O7/c46-27-26-45(30-34-18-8-4-9-19-34)39(47)29-36-22-12-1-2-13-23-37(28-33-16-6-3-7-17-33)41(49)51-32-38(44-40(36)48)24-14-15-25-43-42(50)52-31-35-20-10-5-11-21-35/h1,3-12,16-21,36-38,46H,2,13-15,22-32H2,(H,43,50)(H,44,48)/t36-,37-,38+/m1/s1. The van der Waals surface area contributed by atoms with Gasteiger partial charge in [-0.2, -0.15) is 0 Å². The number of aliphatic hydroxyl groups is 1. The number of unbranched alkanes of at least 4 members (excludes halogenated alkanes) is 1. The summed E-state index contributed by atoms with van der Waals surface area (Å²) in [6.07, 6.45) is 8.35. The molecule has 0 bridgehead atoms. The summed E-state index contributed by atoms with van der Waals surface area (Å²) in [6.45, 7) is 0.879. The Morgan fingerprint density at radius 1 is 0.865 bits per heavy atom. The molecule has 3 aromatic rings. The summed E-state index contributed by atoms with van der Waals surface area (Å²) in [4.78, 5) is 54.6. The molecule has 1 heterocycles. The van der Waals surface area contributed by atoms with Gasteiger partial charge in [0.1, 0.15) is 13.2 Å². The molecule has 52 heavy (non-hydrogen) atoms. The van der Waals surface area contributed by atoms with Crippen molar-refractivity contribution in [2.75, 3.05) is 26.3 Å². The van der Waals surface area contributed by atoms with Gasteiger partial charge in [-0.05, 0) is 68.1 Å². The SMILES string of the molecule is O=C(NCCCC[C@H]1COC(=O)[C@@H](Cc2ccccc2)CCCC=CC[C@H](CC(=O)N(CCO)Cc2ccccc2)C(=O)N1)OCc1ccccc1. The first-order chi connectivity index (χ1) is 25.4. The first-order valence-corrected chi connectivity index (χ1v) is 18.4. The van der Waals surface area contributed by atoms with Crippen molar-refractivity contribution in [3.8, 4) is 0 Å².